The van der Waals surface area contributed by atoms with Crippen LogP contribution in [-0.2, 0) is 6.54 Å². The smallest absolute Gasteiger partial charge is 0.143 e. The molecular weight excluding hydrogens is 256 g/mol. The van der Waals surface area contributed by atoms with Crippen molar-refractivity contribution in [1.82, 2.24) is 0 Å². The minimum absolute atomic E-state index is 0.660. The Morgan fingerprint density at radius 2 is 2.21 bits per heavy atom. The molecule has 2 N–H and O–H groups in total. The van der Waals surface area contributed by atoms with Gasteiger partial charge in [-0.3, -0.25) is 0 Å². The summed E-state index contributed by atoms with van der Waals surface area (Å²) in [5.41, 5.74) is 9.14. The van der Waals surface area contributed by atoms with Crippen LogP contribution in [0.2, 0.25) is 0 Å². The van der Waals surface area contributed by atoms with Crippen LogP contribution in [-0.4, -0.2) is 13.2 Å². The number of thiophene rings is 1. The second-order valence-electron chi connectivity index (χ2n) is 4.92. The molecule has 0 radical (unpaired) electrons. The van der Waals surface area contributed by atoms with Crippen LogP contribution in [0.4, 0.5) is 11.4 Å². The molecule has 1 aliphatic carbocycles. The maximum Gasteiger partial charge on any atom is 0.143 e. The Kier molecular flexibility index (Phi) is 3.34. The van der Waals surface area contributed by atoms with Crippen molar-refractivity contribution in [2.45, 2.75) is 25.4 Å². The predicted octanol–water partition coefficient (Wildman–Crippen LogP) is 3.51. The number of benzene rings is 1. The molecule has 0 amide bonds. The standard InChI is InChI=1S/C15H18N2OS/c1-18-15-8-13(4-5-14(15)16)17(12-2-3-12)9-11-6-7-19-10-11/h4-8,10,12H,2-3,9,16H2,1H3. The topological polar surface area (TPSA) is 38.5 Å². The number of rotatable bonds is 5. The molecule has 2 aromatic rings. The number of nitrogens with zero attached hydrogens (tertiary/aromatic N) is 1. The van der Waals surface area contributed by atoms with Crippen molar-refractivity contribution < 1.29 is 4.74 Å². The van der Waals surface area contributed by atoms with E-state index in [2.05, 4.69) is 27.8 Å². The van der Waals surface area contributed by atoms with Gasteiger partial charge in [0.2, 0.25) is 0 Å². The summed E-state index contributed by atoms with van der Waals surface area (Å²) in [5, 5.41) is 4.34. The molecule has 0 bridgehead atoms. The summed E-state index contributed by atoms with van der Waals surface area (Å²) < 4.78 is 5.32. The number of nitrogens with two attached hydrogens (primary N) is 1. The monoisotopic (exact) mass is 274 g/mol. The molecule has 1 aliphatic rings. The quantitative estimate of drug-likeness (QED) is 0.848. The molecular formula is C15H18N2OS. The highest BCUT2D eigenvalue weighted by molar-refractivity contribution is 7.07. The molecule has 19 heavy (non-hydrogen) atoms. The summed E-state index contributed by atoms with van der Waals surface area (Å²) in [6.07, 6.45) is 2.55. The molecule has 0 aliphatic heterocycles. The van der Waals surface area contributed by atoms with Gasteiger partial charge >= 0.3 is 0 Å². The van der Waals surface area contributed by atoms with E-state index < -0.39 is 0 Å². The first-order valence-corrected chi connectivity index (χ1v) is 7.43. The summed E-state index contributed by atoms with van der Waals surface area (Å²) in [6, 6.07) is 8.90. The van der Waals surface area contributed by atoms with E-state index in [4.69, 9.17) is 10.5 Å². The second kappa shape index (κ2) is 5.13. The van der Waals surface area contributed by atoms with Crippen molar-refractivity contribution in [3.05, 3.63) is 40.6 Å². The minimum atomic E-state index is 0.660. The molecule has 0 saturated heterocycles. The van der Waals surface area contributed by atoms with Crippen LogP contribution in [0, 0.1) is 0 Å². The van der Waals surface area contributed by atoms with Gasteiger partial charge in [0.05, 0.1) is 12.8 Å². The molecule has 3 nitrogen and oxygen atoms in total. The number of anilines is 2. The first-order chi connectivity index (χ1) is 9.28. The molecule has 100 valence electrons. The van der Waals surface area contributed by atoms with Crippen LogP contribution in [0.5, 0.6) is 5.75 Å². The normalized spacial score (nSPS) is 14.4. The molecule has 1 fully saturated rings. The van der Waals surface area contributed by atoms with Crippen LogP contribution < -0.4 is 15.4 Å². The largest absolute Gasteiger partial charge is 0.495 e. The lowest BCUT2D eigenvalue weighted by molar-refractivity contribution is 0.417. The van der Waals surface area contributed by atoms with Crippen LogP contribution >= 0.6 is 11.3 Å². The van der Waals surface area contributed by atoms with Gasteiger partial charge in [-0.15, -0.1) is 0 Å². The van der Waals surface area contributed by atoms with Crippen molar-refractivity contribution in [3.63, 3.8) is 0 Å². The highest BCUT2D eigenvalue weighted by Crippen LogP contribution is 2.36. The summed E-state index contributed by atoms with van der Waals surface area (Å²) >= 11 is 1.75. The van der Waals surface area contributed by atoms with E-state index in [1.54, 1.807) is 18.4 Å². The van der Waals surface area contributed by atoms with E-state index in [0.717, 1.165) is 12.3 Å². The van der Waals surface area contributed by atoms with Crippen LogP contribution in [0.15, 0.2) is 35.0 Å². The number of methoxy groups -OCH3 is 1. The Hall–Kier alpha value is -1.68. The average molecular weight is 274 g/mol. The van der Waals surface area contributed by atoms with E-state index in [9.17, 15) is 0 Å². The van der Waals surface area contributed by atoms with Gasteiger partial charge in [-0.1, -0.05) is 0 Å². The molecule has 1 aromatic heterocycles. The van der Waals surface area contributed by atoms with Crippen LogP contribution in [0.25, 0.3) is 0 Å². The summed E-state index contributed by atoms with van der Waals surface area (Å²) in [4.78, 5) is 2.45. The first-order valence-electron chi connectivity index (χ1n) is 6.49. The fraction of sp³-hybridized carbons (Fsp3) is 0.333. The van der Waals surface area contributed by atoms with Gasteiger partial charge in [-0.25, -0.2) is 0 Å². The Balaban J connectivity index is 1.87. The SMILES string of the molecule is COc1cc(N(Cc2ccsc2)C2CC2)ccc1N. The summed E-state index contributed by atoms with van der Waals surface area (Å²) in [6.45, 7) is 0.960. The van der Waals surface area contributed by atoms with Gasteiger partial charge in [-0.2, -0.15) is 11.3 Å². The van der Waals surface area contributed by atoms with E-state index in [1.807, 2.05) is 12.1 Å². The minimum Gasteiger partial charge on any atom is -0.495 e. The van der Waals surface area contributed by atoms with Gasteiger partial charge in [0.1, 0.15) is 5.75 Å². The molecule has 0 atom stereocenters. The second-order valence-corrected chi connectivity index (χ2v) is 5.70. The lowest BCUT2D eigenvalue weighted by atomic mass is 10.2. The maximum absolute atomic E-state index is 5.89. The van der Waals surface area contributed by atoms with Crippen LogP contribution in [0.1, 0.15) is 18.4 Å². The number of ether oxygens (including phenoxy) is 1. The van der Waals surface area contributed by atoms with Gasteiger partial charge in [0, 0.05) is 24.3 Å². The highest BCUT2D eigenvalue weighted by Gasteiger charge is 2.29. The number of nitrogen functional groups attached to an aromatic ring is 1. The zero-order valence-corrected chi connectivity index (χ0v) is 11.8. The molecule has 0 unspecified atom stereocenters. The number of hydrogen-bond acceptors (Lipinski definition) is 4. The van der Waals surface area contributed by atoms with Gasteiger partial charge in [0.15, 0.2) is 0 Å². The molecule has 3 rings (SSSR count). The highest BCUT2D eigenvalue weighted by atomic mass is 32.1. The maximum atomic E-state index is 5.89. The molecule has 0 spiro atoms. The molecule has 1 heterocycles. The van der Waals surface area contributed by atoms with E-state index >= 15 is 0 Å². The van der Waals surface area contributed by atoms with E-state index in [0.29, 0.717) is 11.7 Å². The van der Waals surface area contributed by atoms with Crippen molar-refractivity contribution >= 4 is 22.7 Å². The van der Waals surface area contributed by atoms with Gasteiger partial charge in [-0.05, 0) is 47.4 Å². The first kappa shape index (κ1) is 12.4. The third-order valence-corrected chi connectivity index (χ3v) is 4.20. The van der Waals surface area contributed by atoms with Gasteiger partial charge in [0.25, 0.3) is 0 Å². The Labute approximate surface area is 117 Å². The molecule has 1 saturated carbocycles. The zero-order valence-electron chi connectivity index (χ0n) is 11.0. The third kappa shape index (κ3) is 2.68. The zero-order chi connectivity index (χ0) is 13.2. The van der Waals surface area contributed by atoms with Crippen molar-refractivity contribution in [2.75, 3.05) is 17.7 Å². The van der Waals surface area contributed by atoms with Crippen molar-refractivity contribution in [1.29, 1.82) is 0 Å². The van der Waals surface area contributed by atoms with Crippen molar-refractivity contribution in [3.8, 4) is 5.75 Å². The number of hydrogen-bond donors (Lipinski definition) is 1. The fourth-order valence-electron chi connectivity index (χ4n) is 2.28. The Morgan fingerprint density at radius 3 is 2.84 bits per heavy atom. The van der Waals surface area contributed by atoms with Crippen molar-refractivity contribution in [2.24, 2.45) is 0 Å². The average Bonchev–Trinajstić information content (AvgIpc) is 3.14. The molecule has 4 heteroatoms. The Morgan fingerprint density at radius 1 is 1.37 bits per heavy atom. The van der Waals surface area contributed by atoms with Gasteiger partial charge < -0.3 is 15.4 Å². The van der Waals surface area contributed by atoms with E-state index in [-0.39, 0.29) is 0 Å². The van der Waals surface area contributed by atoms with E-state index in [1.165, 1.54) is 24.1 Å². The lowest BCUT2D eigenvalue weighted by Gasteiger charge is -2.25. The summed E-state index contributed by atoms with van der Waals surface area (Å²) in [7, 11) is 1.66. The fourth-order valence-corrected chi connectivity index (χ4v) is 2.94. The predicted molar refractivity (Wildman–Crippen MR) is 80.9 cm³/mol. The summed E-state index contributed by atoms with van der Waals surface area (Å²) in [5.74, 6) is 0.758. The van der Waals surface area contributed by atoms with Crippen LogP contribution in [0.3, 0.4) is 0 Å². The lowest BCUT2D eigenvalue weighted by Crippen LogP contribution is -2.24. The Bertz CT molecular complexity index is 549. The third-order valence-electron chi connectivity index (χ3n) is 3.47. The molecule has 1 aromatic carbocycles.